The number of hydrogen-bond acceptors (Lipinski definition) is 5. The van der Waals surface area contributed by atoms with Gasteiger partial charge in [0.1, 0.15) is 17.3 Å². The van der Waals surface area contributed by atoms with Gasteiger partial charge in [-0.15, -0.1) is 0 Å². The minimum absolute atomic E-state index is 0.565. The molecule has 112 valence electrons. The molecule has 1 N–H and O–H groups in total. The Morgan fingerprint density at radius 1 is 1.05 bits per heavy atom. The number of hydrogen-bond donors (Lipinski definition) is 1. The van der Waals surface area contributed by atoms with Gasteiger partial charge in [0.15, 0.2) is 0 Å². The average molecular weight is 316 g/mol. The Balaban J connectivity index is 2.24. The summed E-state index contributed by atoms with van der Waals surface area (Å²) in [5.41, 5.74) is 2.54. The lowest BCUT2D eigenvalue weighted by molar-refractivity contribution is 0.394. The van der Waals surface area contributed by atoms with Crippen molar-refractivity contribution < 1.29 is 9.47 Å². The van der Waals surface area contributed by atoms with Gasteiger partial charge in [0.05, 0.1) is 19.7 Å². The summed E-state index contributed by atoms with van der Waals surface area (Å²) in [6.45, 7) is 0. The van der Waals surface area contributed by atoms with Crippen molar-refractivity contribution in [3.8, 4) is 22.6 Å². The highest BCUT2D eigenvalue weighted by atomic mass is 35.5. The fraction of sp³-hybridized carbons (Fsp3) is 0.125. The number of nitrogens with zero attached hydrogens (tertiary/aromatic N) is 2. The maximum absolute atomic E-state index is 5.84. The number of halogens is 1. The van der Waals surface area contributed by atoms with Crippen LogP contribution in [-0.4, -0.2) is 24.2 Å². The van der Waals surface area contributed by atoms with Crippen molar-refractivity contribution in [1.82, 2.24) is 9.97 Å². The molecule has 0 fully saturated rings. The van der Waals surface area contributed by atoms with Crippen molar-refractivity contribution in [2.75, 3.05) is 19.1 Å². The van der Waals surface area contributed by atoms with E-state index in [1.165, 1.54) is 0 Å². The summed E-state index contributed by atoms with van der Waals surface area (Å²) < 4.78 is 10.6. The number of methoxy groups -OCH3 is 2. The number of benzene rings is 1. The highest BCUT2D eigenvalue weighted by Crippen LogP contribution is 2.35. The lowest BCUT2D eigenvalue weighted by Gasteiger charge is -2.12. The van der Waals surface area contributed by atoms with E-state index < -0.39 is 0 Å². The van der Waals surface area contributed by atoms with Crippen molar-refractivity contribution in [3.63, 3.8) is 0 Å². The molecule has 0 saturated heterocycles. The van der Waals surface area contributed by atoms with Crippen LogP contribution in [0.1, 0.15) is 0 Å². The second-order valence-corrected chi connectivity index (χ2v) is 4.84. The Morgan fingerprint density at radius 3 is 2.41 bits per heavy atom. The number of anilines is 1. The average Bonchev–Trinajstić information content (AvgIpc) is 2.59. The maximum Gasteiger partial charge on any atom is 0.149 e. The van der Waals surface area contributed by atoms with Crippen molar-refractivity contribution in [2.24, 2.45) is 0 Å². The van der Waals surface area contributed by atoms with Gasteiger partial charge in [-0.2, -0.15) is 0 Å². The second-order valence-electron chi connectivity index (χ2n) is 4.65. The molecule has 0 radical (unpaired) electrons. The molecular weight excluding hydrogens is 302 g/mol. The van der Waals surface area contributed by atoms with Crippen LogP contribution in [0.2, 0.25) is 0 Å². The fourth-order valence-corrected chi connectivity index (χ4v) is 2.42. The third-order valence-electron chi connectivity index (χ3n) is 3.37. The number of ether oxygens (including phenoxy) is 2. The zero-order valence-corrected chi connectivity index (χ0v) is 12.9. The van der Waals surface area contributed by atoms with Gasteiger partial charge in [0.25, 0.3) is 0 Å². The van der Waals surface area contributed by atoms with Crippen LogP contribution in [0.3, 0.4) is 0 Å². The molecule has 1 aromatic carbocycles. The second kappa shape index (κ2) is 6.07. The maximum atomic E-state index is 5.84. The summed E-state index contributed by atoms with van der Waals surface area (Å²) in [4.78, 5) is 11.3. The van der Waals surface area contributed by atoms with Gasteiger partial charge in [0.2, 0.25) is 0 Å². The summed E-state index contributed by atoms with van der Waals surface area (Å²) in [6, 6.07) is 9.43. The molecule has 6 heteroatoms. The van der Waals surface area contributed by atoms with Gasteiger partial charge >= 0.3 is 0 Å². The Labute approximate surface area is 133 Å². The first-order chi connectivity index (χ1) is 10.7. The molecule has 2 aromatic heterocycles. The van der Waals surface area contributed by atoms with Gasteiger partial charge < -0.3 is 9.47 Å². The predicted octanol–water partition coefficient (Wildman–Crippen LogP) is 3.88. The topological polar surface area (TPSA) is 56.3 Å². The molecule has 3 rings (SSSR count). The zero-order chi connectivity index (χ0) is 15.5. The molecule has 0 saturated carbocycles. The number of rotatable bonds is 4. The van der Waals surface area contributed by atoms with Gasteiger partial charge in [-0.05, 0) is 29.8 Å². The molecule has 2 heterocycles. The third-order valence-corrected chi connectivity index (χ3v) is 3.55. The van der Waals surface area contributed by atoms with Crippen LogP contribution in [0.5, 0.6) is 11.5 Å². The Hall–Kier alpha value is -2.53. The van der Waals surface area contributed by atoms with Crippen LogP contribution in [0.4, 0.5) is 5.82 Å². The van der Waals surface area contributed by atoms with E-state index in [1.807, 2.05) is 30.3 Å². The highest BCUT2D eigenvalue weighted by Gasteiger charge is 2.11. The standard InChI is InChI=1S/C16H14ClN3O2/c1-21-12-5-10(6-13(8-12)22-2)14-7-11-9-18-4-3-15(11)19-16(14)20-17/h3-9H,1-2H3,(H,19,20). The van der Waals surface area contributed by atoms with E-state index >= 15 is 0 Å². The number of aromatic nitrogens is 2. The molecule has 0 aliphatic heterocycles. The van der Waals surface area contributed by atoms with Crippen molar-refractivity contribution in [1.29, 1.82) is 0 Å². The Kier molecular flexibility index (Phi) is 3.98. The zero-order valence-electron chi connectivity index (χ0n) is 12.1. The number of nitrogens with one attached hydrogen (secondary N) is 1. The van der Waals surface area contributed by atoms with E-state index in [0.29, 0.717) is 17.3 Å². The van der Waals surface area contributed by atoms with Crippen molar-refractivity contribution in [3.05, 3.63) is 42.7 Å². The number of pyridine rings is 2. The van der Waals surface area contributed by atoms with Gasteiger partial charge in [-0.3, -0.25) is 9.82 Å². The van der Waals surface area contributed by atoms with E-state index in [-0.39, 0.29) is 0 Å². The van der Waals surface area contributed by atoms with E-state index in [1.54, 1.807) is 26.6 Å². The molecule has 0 amide bonds. The van der Waals surface area contributed by atoms with Crippen LogP contribution < -0.4 is 14.3 Å². The molecule has 0 aliphatic carbocycles. The molecule has 0 aliphatic rings. The van der Waals surface area contributed by atoms with Crippen LogP contribution in [0.15, 0.2) is 42.7 Å². The summed E-state index contributed by atoms with van der Waals surface area (Å²) >= 11 is 5.84. The quantitative estimate of drug-likeness (QED) is 0.740. The first kappa shape index (κ1) is 14.4. The highest BCUT2D eigenvalue weighted by molar-refractivity contribution is 6.24. The molecule has 0 bridgehead atoms. The van der Waals surface area contributed by atoms with Crippen LogP contribution >= 0.6 is 11.8 Å². The molecule has 22 heavy (non-hydrogen) atoms. The fourth-order valence-electron chi connectivity index (χ4n) is 2.27. The van der Waals surface area contributed by atoms with E-state index in [0.717, 1.165) is 22.0 Å². The predicted molar refractivity (Wildman–Crippen MR) is 87.6 cm³/mol. The minimum Gasteiger partial charge on any atom is -0.497 e. The number of fused-ring (bicyclic) bond motifs is 1. The Morgan fingerprint density at radius 2 is 1.77 bits per heavy atom. The molecule has 0 unspecified atom stereocenters. The van der Waals surface area contributed by atoms with Gasteiger partial charge in [-0.25, -0.2) is 4.98 Å². The van der Waals surface area contributed by atoms with Crippen LogP contribution in [0.25, 0.3) is 22.0 Å². The van der Waals surface area contributed by atoms with E-state index in [9.17, 15) is 0 Å². The molecule has 0 spiro atoms. The largest absolute Gasteiger partial charge is 0.497 e. The van der Waals surface area contributed by atoms with Crippen LogP contribution in [0, 0.1) is 0 Å². The monoisotopic (exact) mass is 315 g/mol. The SMILES string of the molecule is COc1cc(OC)cc(-c2cc3cnccc3nc2NCl)c1. The van der Waals surface area contributed by atoms with Gasteiger partial charge in [0, 0.05) is 41.2 Å². The first-order valence-electron chi connectivity index (χ1n) is 6.60. The summed E-state index contributed by atoms with van der Waals surface area (Å²) in [5, 5.41) is 0.926. The molecule has 5 nitrogen and oxygen atoms in total. The van der Waals surface area contributed by atoms with Crippen molar-refractivity contribution in [2.45, 2.75) is 0 Å². The molecule has 0 atom stereocenters. The molecule has 3 aromatic rings. The summed E-state index contributed by atoms with van der Waals surface area (Å²) in [6.07, 6.45) is 3.46. The minimum atomic E-state index is 0.565. The first-order valence-corrected chi connectivity index (χ1v) is 6.98. The van der Waals surface area contributed by atoms with E-state index in [2.05, 4.69) is 14.8 Å². The Bertz CT molecular complexity index is 801. The summed E-state index contributed by atoms with van der Waals surface area (Å²) in [5.74, 6) is 1.96. The normalized spacial score (nSPS) is 10.5. The smallest absolute Gasteiger partial charge is 0.149 e. The van der Waals surface area contributed by atoms with Crippen LogP contribution in [-0.2, 0) is 0 Å². The third kappa shape index (κ3) is 2.63. The van der Waals surface area contributed by atoms with Gasteiger partial charge in [-0.1, -0.05) is 0 Å². The molecular formula is C16H14ClN3O2. The summed E-state index contributed by atoms with van der Waals surface area (Å²) in [7, 11) is 3.23. The van der Waals surface area contributed by atoms with Crippen molar-refractivity contribution >= 4 is 28.5 Å². The van der Waals surface area contributed by atoms with E-state index in [4.69, 9.17) is 21.3 Å². The lowest BCUT2D eigenvalue weighted by atomic mass is 10.0. The lowest BCUT2D eigenvalue weighted by Crippen LogP contribution is -1.94.